The van der Waals surface area contributed by atoms with E-state index in [1.54, 1.807) is 0 Å². The van der Waals surface area contributed by atoms with Crippen molar-refractivity contribution in [3.05, 3.63) is 22.7 Å². The number of hydrogen-bond acceptors (Lipinski definition) is 8. The van der Waals surface area contributed by atoms with Gasteiger partial charge < -0.3 is 19.7 Å². The quantitative estimate of drug-likeness (QED) is 0.448. The predicted octanol–water partition coefficient (Wildman–Crippen LogP) is 0.0426. The number of aliphatic hydroxyl groups is 2. The molecule has 1 saturated heterocycles. The Hall–Kier alpha value is -1.52. The van der Waals surface area contributed by atoms with Crippen LogP contribution < -0.4 is 11.2 Å². The Bertz CT molecular complexity index is 591. The summed E-state index contributed by atoms with van der Waals surface area (Å²) in [6, 6.07) is 1.53. The lowest BCUT2D eigenvalue weighted by Gasteiger charge is -2.27. The van der Waals surface area contributed by atoms with E-state index < -0.39 is 29.7 Å². The fourth-order valence-corrected chi connectivity index (χ4v) is 2.53. The number of rotatable bonds is 8. The maximum atomic E-state index is 12.2. The molecule has 2 rings (SSSR count). The number of unbranched alkanes of at least 4 members (excludes halogenated alkanes) is 1. The molecule has 1 unspecified atom stereocenters. The third kappa shape index (κ3) is 3.93. The van der Waals surface area contributed by atoms with Gasteiger partial charge in [-0.2, -0.15) is 4.98 Å². The predicted molar refractivity (Wildman–Crippen MR) is 85.4 cm³/mol. The van der Waals surface area contributed by atoms with Gasteiger partial charge in [-0.05, 0) is 19.4 Å². The number of nitrogens with zero attached hydrogens (tertiary/aromatic N) is 2. The number of methoxy groups -OCH3 is 1. The van der Waals surface area contributed by atoms with Gasteiger partial charge >= 0.3 is 5.69 Å². The molecule has 0 spiro atoms. The van der Waals surface area contributed by atoms with Crippen molar-refractivity contribution >= 4 is 5.82 Å². The van der Waals surface area contributed by atoms with Crippen LogP contribution in [0.25, 0.3) is 0 Å². The average molecular weight is 343 g/mol. The second kappa shape index (κ2) is 8.04. The molecule has 4 atom stereocenters. The van der Waals surface area contributed by atoms with Crippen molar-refractivity contribution in [2.24, 2.45) is 0 Å². The molecule has 3 N–H and O–H groups in total. The minimum absolute atomic E-state index is 0.0981. The van der Waals surface area contributed by atoms with Crippen LogP contribution >= 0.6 is 0 Å². The van der Waals surface area contributed by atoms with E-state index in [-0.39, 0.29) is 12.4 Å². The molecular weight excluding hydrogens is 318 g/mol. The van der Waals surface area contributed by atoms with Gasteiger partial charge in [0, 0.05) is 13.3 Å². The Kier molecular flexibility index (Phi) is 6.30. The van der Waals surface area contributed by atoms with Crippen LogP contribution in [-0.2, 0) is 14.3 Å². The number of ether oxygens (including phenoxy) is 2. The van der Waals surface area contributed by atoms with Gasteiger partial charge in [-0.25, -0.2) is 10.3 Å². The van der Waals surface area contributed by atoms with E-state index in [1.807, 2.05) is 6.92 Å². The Balaban J connectivity index is 2.13. The highest BCUT2D eigenvalue weighted by Gasteiger charge is 2.53. The lowest BCUT2D eigenvalue weighted by atomic mass is 9.96. The first-order valence-electron chi connectivity index (χ1n) is 7.93. The number of anilines is 1. The first-order valence-corrected chi connectivity index (χ1v) is 7.93. The molecule has 0 aromatic carbocycles. The number of aliphatic hydroxyl groups excluding tert-OH is 1. The molecule has 1 aliphatic rings. The maximum Gasteiger partial charge on any atom is 0.351 e. The van der Waals surface area contributed by atoms with Crippen LogP contribution in [-0.4, -0.2) is 57.9 Å². The van der Waals surface area contributed by atoms with Crippen molar-refractivity contribution in [1.82, 2.24) is 9.55 Å². The number of nitrogens with one attached hydrogen (secondary N) is 1. The van der Waals surface area contributed by atoms with Crippen LogP contribution in [0.5, 0.6) is 0 Å². The summed E-state index contributed by atoms with van der Waals surface area (Å²) in [6.07, 6.45) is 0.323. The summed E-state index contributed by atoms with van der Waals surface area (Å²) in [6.45, 7) is 4.06. The van der Waals surface area contributed by atoms with Crippen LogP contribution in [0.15, 0.2) is 17.1 Å². The zero-order valence-electron chi connectivity index (χ0n) is 14.1. The van der Waals surface area contributed by atoms with Gasteiger partial charge in [0.25, 0.3) is 0 Å². The fourth-order valence-electron chi connectivity index (χ4n) is 2.53. The summed E-state index contributed by atoms with van der Waals surface area (Å²) in [5.74, 6) is 0.263. The fraction of sp³-hybridized carbons (Fsp3) is 0.733. The molecule has 1 aliphatic heterocycles. The van der Waals surface area contributed by atoms with Gasteiger partial charge in [0.1, 0.15) is 17.8 Å². The molecule has 0 bridgehead atoms. The monoisotopic (exact) mass is 343 g/mol. The summed E-state index contributed by atoms with van der Waals surface area (Å²) in [7, 11) is 1.46. The van der Waals surface area contributed by atoms with Crippen molar-refractivity contribution in [1.29, 1.82) is 0 Å². The number of aromatic nitrogens is 2. The molecule has 0 saturated carbocycles. The van der Waals surface area contributed by atoms with Crippen molar-refractivity contribution < 1.29 is 24.5 Å². The summed E-state index contributed by atoms with van der Waals surface area (Å²) >= 11 is 0. The van der Waals surface area contributed by atoms with Crippen LogP contribution in [0.2, 0.25) is 0 Å². The zero-order valence-corrected chi connectivity index (χ0v) is 14.1. The van der Waals surface area contributed by atoms with E-state index in [1.165, 1.54) is 26.3 Å². The SMILES string of the molecule is CCCCONc1ccn([C@@H]2O[C@H](COC)C(O)[C@@]2(C)O)c(=O)n1. The second-order valence-corrected chi connectivity index (χ2v) is 5.96. The Morgan fingerprint density at radius 3 is 2.92 bits per heavy atom. The van der Waals surface area contributed by atoms with Crippen molar-refractivity contribution in [2.75, 3.05) is 25.8 Å². The molecule has 2 heterocycles. The Labute approximate surface area is 140 Å². The molecule has 0 aliphatic carbocycles. The summed E-state index contributed by atoms with van der Waals surface area (Å²) in [5, 5.41) is 20.7. The molecule has 1 fully saturated rings. The van der Waals surface area contributed by atoms with E-state index in [2.05, 4.69) is 10.5 Å². The van der Waals surface area contributed by atoms with Crippen LogP contribution in [0.3, 0.4) is 0 Å². The van der Waals surface area contributed by atoms with E-state index >= 15 is 0 Å². The summed E-state index contributed by atoms with van der Waals surface area (Å²) in [5.41, 5.74) is 0.318. The first kappa shape index (κ1) is 18.8. The van der Waals surface area contributed by atoms with Crippen LogP contribution in [0.1, 0.15) is 32.9 Å². The lowest BCUT2D eigenvalue weighted by molar-refractivity contribution is -0.0993. The minimum atomic E-state index is -1.65. The third-order valence-electron chi connectivity index (χ3n) is 3.94. The van der Waals surface area contributed by atoms with Gasteiger partial charge in [-0.15, -0.1) is 0 Å². The van der Waals surface area contributed by atoms with Crippen molar-refractivity contribution in [3.8, 4) is 0 Å². The van der Waals surface area contributed by atoms with E-state index in [4.69, 9.17) is 14.3 Å². The van der Waals surface area contributed by atoms with Gasteiger partial charge in [0.2, 0.25) is 0 Å². The summed E-state index contributed by atoms with van der Waals surface area (Å²) in [4.78, 5) is 21.3. The summed E-state index contributed by atoms with van der Waals surface area (Å²) < 4.78 is 11.7. The normalized spacial score (nSPS) is 29.8. The highest BCUT2D eigenvalue weighted by Crippen LogP contribution is 2.37. The third-order valence-corrected chi connectivity index (χ3v) is 3.94. The lowest BCUT2D eigenvalue weighted by Crippen LogP contribution is -2.46. The van der Waals surface area contributed by atoms with Crippen LogP contribution in [0, 0.1) is 0 Å². The van der Waals surface area contributed by atoms with E-state index in [0.717, 1.165) is 17.4 Å². The largest absolute Gasteiger partial charge is 0.387 e. The highest BCUT2D eigenvalue weighted by molar-refractivity contribution is 5.28. The molecule has 9 heteroatoms. The van der Waals surface area contributed by atoms with Crippen molar-refractivity contribution in [2.45, 2.75) is 50.7 Å². The molecule has 1 aromatic rings. The van der Waals surface area contributed by atoms with E-state index in [0.29, 0.717) is 6.61 Å². The maximum absolute atomic E-state index is 12.2. The molecule has 9 nitrogen and oxygen atoms in total. The standard InChI is InChI=1S/C15H25N3O6/c1-4-5-8-23-17-11-6-7-18(14(20)16-11)13-15(2,21)12(19)10(24-13)9-22-3/h6-7,10,12-13,19,21H,4-5,8-9H2,1-3H3,(H,16,17,20)/t10-,12?,13-,15-/m1/s1. The molecule has 0 radical (unpaired) electrons. The molecule has 24 heavy (non-hydrogen) atoms. The van der Waals surface area contributed by atoms with Gasteiger partial charge in [0.05, 0.1) is 13.2 Å². The smallest absolute Gasteiger partial charge is 0.351 e. The zero-order chi connectivity index (χ0) is 17.7. The van der Waals surface area contributed by atoms with Crippen molar-refractivity contribution in [3.63, 3.8) is 0 Å². The highest BCUT2D eigenvalue weighted by atomic mass is 16.6. The second-order valence-electron chi connectivity index (χ2n) is 5.96. The van der Waals surface area contributed by atoms with Gasteiger partial charge in [-0.1, -0.05) is 13.3 Å². The molecular formula is C15H25N3O6. The Morgan fingerprint density at radius 2 is 2.29 bits per heavy atom. The van der Waals surface area contributed by atoms with E-state index in [9.17, 15) is 15.0 Å². The molecule has 0 amide bonds. The molecule has 1 aromatic heterocycles. The Morgan fingerprint density at radius 1 is 1.54 bits per heavy atom. The average Bonchev–Trinajstić information content (AvgIpc) is 2.76. The topological polar surface area (TPSA) is 115 Å². The van der Waals surface area contributed by atoms with Gasteiger partial charge in [0.15, 0.2) is 12.0 Å². The van der Waals surface area contributed by atoms with Gasteiger partial charge in [-0.3, -0.25) is 9.40 Å². The minimum Gasteiger partial charge on any atom is -0.387 e. The van der Waals surface area contributed by atoms with Crippen LogP contribution in [0.4, 0.5) is 5.82 Å². The molecule has 136 valence electrons. The number of hydrogen-bond donors (Lipinski definition) is 3. The first-order chi connectivity index (χ1) is 11.4.